The second kappa shape index (κ2) is 9.09. The summed E-state index contributed by atoms with van der Waals surface area (Å²) in [6.45, 7) is 0.865. The third kappa shape index (κ3) is 6.24. The Morgan fingerprint density at radius 3 is 2.56 bits per heavy atom. The number of esters is 1. The Bertz CT molecular complexity index is 881. The Morgan fingerprint density at radius 2 is 1.85 bits per heavy atom. The van der Waals surface area contributed by atoms with Gasteiger partial charge < -0.3 is 15.4 Å². The molecule has 2 rings (SSSR count). The minimum Gasteiger partial charge on any atom is -0.454 e. The normalized spacial score (nSPS) is 9.96. The Kier molecular flexibility index (Phi) is 6.59. The Labute approximate surface area is 154 Å². The molecule has 0 heterocycles. The van der Waals surface area contributed by atoms with Crippen molar-refractivity contribution in [1.82, 2.24) is 5.32 Å². The number of anilines is 1. The smallest absolute Gasteiger partial charge is 0.325 e. The van der Waals surface area contributed by atoms with Crippen LogP contribution in [-0.4, -0.2) is 35.9 Å². The predicted molar refractivity (Wildman–Crippen MR) is 96.2 cm³/mol. The fourth-order valence-corrected chi connectivity index (χ4v) is 2.13. The SMILES string of the molecule is Cc1cccc(C(=O)NCC(=O)OCC(=O)Nc2cccc([N+](=O)[O-])c2)c1. The summed E-state index contributed by atoms with van der Waals surface area (Å²) in [4.78, 5) is 45.4. The Hall–Kier alpha value is -3.75. The molecule has 27 heavy (non-hydrogen) atoms. The van der Waals surface area contributed by atoms with Crippen molar-refractivity contribution in [2.75, 3.05) is 18.5 Å². The number of rotatable bonds is 7. The Balaban J connectivity index is 1.76. The van der Waals surface area contributed by atoms with Gasteiger partial charge in [0.1, 0.15) is 6.54 Å². The molecule has 0 atom stereocenters. The van der Waals surface area contributed by atoms with Crippen LogP contribution in [0.25, 0.3) is 0 Å². The molecular weight excluding hydrogens is 354 g/mol. The van der Waals surface area contributed by atoms with E-state index in [2.05, 4.69) is 10.6 Å². The molecule has 0 aromatic heterocycles. The monoisotopic (exact) mass is 371 g/mol. The summed E-state index contributed by atoms with van der Waals surface area (Å²) in [6.07, 6.45) is 0. The average molecular weight is 371 g/mol. The molecular formula is C18H17N3O6. The van der Waals surface area contributed by atoms with Gasteiger partial charge in [0.15, 0.2) is 6.61 Å². The second-order valence-corrected chi connectivity index (χ2v) is 5.57. The van der Waals surface area contributed by atoms with Crippen LogP contribution in [-0.2, 0) is 14.3 Å². The number of nitrogens with zero attached hydrogens (tertiary/aromatic N) is 1. The summed E-state index contributed by atoms with van der Waals surface area (Å²) in [6, 6.07) is 12.2. The maximum Gasteiger partial charge on any atom is 0.325 e. The van der Waals surface area contributed by atoms with Crippen molar-refractivity contribution in [3.8, 4) is 0 Å². The maximum atomic E-state index is 11.9. The van der Waals surface area contributed by atoms with Crippen LogP contribution in [0.2, 0.25) is 0 Å². The van der Waals surface area contributed by atoms with Gasteiger partial charge in [-0.1, -0.05) is 23.8 Å². The first kappa shape index (κ1) is 19.6. The molecule has 140 valence electrons. The highest BCUT2D eigenvalue weighted by atomic mass is 16.6. The molecule has 9 nitrogen and oxygen atoms in total. The van der Waals surface area contributed by atoms with Crippen LogP contribution in [0.4, 0.5) is 11.4 Å². The number of benzene rings is 2. The lowest BCUT2D eigenvalue weighted by molar-refractivity contribution is -0.384. The Morgan fingerprint density at radius 1 is 1.11 bits per heavy atom. The van der Waals surface area contributed by atoms with Gasteiger partial charge in [-0.15, -0.1) is 0 Å². The van der Waals surface area contributed by atoms with Gasteiger partial charge in [0.05, 0.1) is 4.92 Å². The number of amides is 2. The molecule has 0 aliphatic heterocycles. The number of nitro groups is 1. The molecule has 2 aromatic rings. The fraction of sp³-hybridized carbons (Fsp3) is 0.167. The molecule has 9 heteroatoms. The molecule has 0 spiro atoms. The van der Waals surface area contributed by atoms with E-state index in [4.69, 9.17) is 4.74 Å². The summed E-state index contributed by atoms with van der Waals surface area (Å²) in [7, 11) is 0. The zero-order valence-corrected chi connectivity index (χ0v) is 14.4. The molecule has 0 aliphatic rings. The highest BCUT2D eigenvalue weighted by Gasteiger charge is 2.12. The number of non-ortho nitro benzene ring substituents is 1. The van der Waals surface area contributed by atoms with Gasteiger partial charge in [-0.05, 0) is 25.1 Å². The van der Waals surface area contributed by atoms with Gasteiger partial charge in [0, 0.05) is 23.4 Å². The molecule has 0 saturated carbocycles. The van der Waals surface area contributed by atoms with Gasteiger partial charge >= 0.3 is 5.97 Å². The summed E-state index contributed by atoms with van der Waals surface area (Å²) < 4.78 is 4.76. The van der Waals surface area contributed by atoms with Crippen LogP contribution >= 0.6 is 0 Å². The molecule has 0 bridgehead atoms. The molecule has 2 amide bonds. The quantitative estimate of drug-likeness (QED) is 0.434. The fourth-order valence-electron chi connectivity index (χ4n) is 2.13. The minimum atomic E-state index is -0.787. The zero-order chi connectivity index (χ0) is 19.8. The lowest BCUT2D eigenvalue weighted by atomic mass is 10.1. The molecule has 0 aliphatic carbocycles. The highest BCUT2D eigenvalue weighted by Crippen LogP contribution is 2.16. The number of aryl methyl sites for hydroxylation is 1. The van der Waals surface area contributed by atoms with Crippen LogP contribution in [0.1, 0.15) is 15.9 Å². The number of carbonyl (C=O) groups excluding carboxylic acids is 3. The van der Waals surface area contributed by atoms with Crippen molar-refractivity contribution in [2.45, 2.75) is 6.92 Å². The first-order chi connectivity index (χ1) is 12.8. The van der Waals surface area contributed by atoms with Crippen LogP contribution < -0.4 is 10.6 Å². The number of nitrogens with one attached hydrogen (secondary N) is 2. The lowest BCUT2D eigenvalue weighted by Crippen LogP contribution is -2.32. The summed E-state index contributed by atoms with van der Waals surface area (Å²) in [5, 5.41) is 15.5. The van der Waals surface area contributed by atoms with E-state index < -0.39 is 35.9 Å². The van der Waals surface area contributed by atoms with Crippen LogP contribution in [0, 0.1) is 17.0 Å². The van der Waals surface area contributed by atoms with Crippen molar-refractivity contribution in [2.24, 2.45) is 0 Å². The maximum absolute atomic E-state index is 11.9. The third-order valence-electron chi connectivity index (χ3n) is 3.38. The molecule has 0 unspecified atom stereocenters. The van der Waals surface area contributed by atoms with Crippen molar-refractivity contribution in [3.05, 3.63) is 69.8 Å². The van der Waals surface area contributed by atoms with E-state index >= 15 is 0 Å². The zero-order valence-electron chi connectivity index (χ0n) is 14.4. The number of hydrogen-bond acceptors (Lipinski definition) is 6. The standard InChI is InChI=1S/C18H17N3O6/c1-12-4-2-5-13(8-12)18(24)19-10-17(23)27-11-16(22)20-14-6-3-7-15(9-14)21(25)26/h2-9H,10-11H2,1H3,(H,19,24)(H,20,22). The lowest BCUT2D eigenvalue weighted by Gasteiger charge is -2.08. The van der Waals surface area contributed by atoms with E-state index in [-0.39, 0.29) is 11.4 Å². The molecule has 0 fully saturated rings. The summed E-state index contributed by atoms with van der Waals surface area (Å²) in [5.74, 6) is -1.88. The first-order valence-electron chi connectivity index (χ1n) is 7.90. The van der Waals surface area contributed by atoms with Crippen molar-refractivity contribution in [1.29, 1.82) is 0 Å². The topological polar surface area (TPSA) is 128 Å². The number of ether oxygens (including phenoxy) is 1. The van der Waals surface area contributed by atoms with Crippen LogP contribution in [0.15, 0.2) is 48.5 Å². The first-order valence-corrected chi connectivity index (χ1v) is 7.90. The van der Waals surface area contributed by atoms with E-state index in [0.717, 1.165) is 5.56 Å². The number of nitro benzene ring substituents is 1. The van der Waals surface area contributed by atoms with Gasteiger partial charge in [0.2, 0.25) is 0 Å². The molecule has 0 saturated heterocycles. The van der Waals surface area contributed by atoms with E-state index in [1.165, 1.54) is 24.3 Å². The molecule has 2 N–H and O–H groups in total. The average Bonchev–Trinajstić information content (AvgIpc) is 2.64. The van der Waals surface area contributed by atoms with E-state index in [1.807, 2.05) is 13.0 Å². The molecule has 0 radical (unpaired) electrons. The minimum absolute atomic E-state index is 0.177. The van der Waals surface area contributed by atoms with Crippen molar-refractivity contribution in [3.63, 3.8) is 0 Å². The summed E-state index contributed by atoms with van der Waals surface area (Å²) >= 11 is 0. The van der Waals surface area contributed by atoms with E-state index in [9.17, 15) is 24.5 Å². The van der Waals surface area contributed by atoms with Crippen LogP contribution in [0.5, 0.6) is 0 Å². The third-order valence-corrected chi connectivity index (χ3v) is 3.38. The largest absolute Gasteiger partial charge is 0.454 e. The summed E-state index contributed by atoms with van der Waals surface area (Å²) in [5.41, 5.74) is 1.34. The van der Waals surface area contributed by atoms with Gasteiger partial charge in [-0.3, -0.25) is 24.5 Å². The van der Waals surface area contributed by atoms with Crippen molar-refractivity contribution >= 4 is 29.2 Å². The van der Waals surface area contributed by atoms with Gasteiger partial charge in [-0.2, -0.15) is 0 Å². The van der Waals surface area contributed by atoms with Crippen LogP contribution in [0.3, 0.4) is 0 Å². The highest BCUT2D eigenvalue weighted by molar-refractivity contribution is 5.96. The molecule has 2 aromatic carbocycles. The number of hydrogen-bond donors (Lipinski definition) is 2. The number of carbonyl (C=O) groups is 3. The van der Waals surface area contributed by atoms with Gasteiger partial charge in [0.25, 0.3) is 17.5 Å². The predicted octanol–water partition coefficient (Wildman–Crippen LogP) is 1.81. The second-order valence-electron chi connectivity index (χ2n) is 5.57. The van der Waals surface area contributed by atoms with Gasteiger partial charge in [-0.25, -0.2) is 0 Å². The van der Waals surface area contributed by atoms with E-state index in [1.54, 1.807) is 18.2 Å². The van der Waals surface area contributed by atoms with E-state index in [0.29, 0.717) is 5.56 Å². The van der Waals surface area contributed by atoms with Crippen molar-refractivity contribution < 1.29 is 24.0 Å².